The van der Waals surface area contributed by atoms with Crippen molar-refractivity contribution >= 4 is 27.5 Å². The summed E-state index contributed by atoms with van der Waals surface area (Å²) in [6.45, 7) is 1.53. The number of nitrogens with one attached hydrogen (secondary N) is 1. The van der Waals surface area contributed by atoms with Crippen molar-refractivity contribution in [2.24, 2.45) is 0 Å². The van der Waals surface area contributed by atoms with E-state index in [1.807, 2.05) is 0 Å². The summed E-state index contributed by atoms with van der Waals surface area (Å²) in [4.78, 5) is 27.1. The van der Waals surface area contributed by atoms with Crippen LogP contribution in [0, 0.1) is 6.92 Å². The molecule has 0 fully saturated rings. The second kappa shape index (κ2) is 8.95. The van der Waals surface area contributed by atoms with Crippen LogP contribution < -0.4 is 9.46 Å². The second-order valence-electron chi connectivity index (χ2n) is 6.74. The van der Waals surface area contributed by atoms with E-state index in [0.717, 1.165) is 0 Å². The van der Waals surface area contributed by atoms with Crippen LogP contribution in [0.2, 0.25) is 0 Å². The normalized spacial score (nSPS) is 10.9. The van der Waals surface area contributed by atoms with Gasteiger partial charge in [-0.2, -0.15) is 0 Å². The van der Waals surface area contributed by atoms with Crippen LogP contribution in [0.15, 0.2) is 47.4 Å². The van der Waals surface area contributed by atoms with E-state index < -0.39 is 15.9 Å². The third kappa shape index (κ3) is 5.26. The molecule has 0 saturated carbocycles. The van der Waals surface area contributed by atoms with Crippen LogP contribution in [-0.4, -0.2) is 64.8 Å². The fraction of sp³-hybridized carbons (Fsp3) is 0.300. The highest BCUT2D eigenvalue weighted by Gasteiger charge is 2.22. The summed E-state index contributed by atoms with van der Waals surface area (Å²) >= 11 is 0. The first-order valence-electron chi connectivity index (χ1n) is 8.79. The van der Waals surface area contributed by atoms with E-state index in [9.17, 15) is 18.0 Å². The molecule has 0 aliphatic heterocycles. The zero-order valence-corrected chi connectivity index (χ0v) is 17.9. The highest BCUT2D eigenvalue weighted by Crippen LogP contribution is 2.27. The van der Waals surface area contributed by atoms with Crippen LogP contribution in [0.25, 0.3) is 0 Å². The first-order chi connectivity index (χ1) is 13.6. The lowest BCUT2D eigenvalue weighted by molar-refractivity contribution is -0.129. The van der Waals surface area contributed by atoms with Gasteiger partial charge in [0.15, 0.2) is 0 Å². The van der Waals surface area contributed by atoms with Crippen molar-refractivity contribution in [2.45, 2.75) is 11.8 Å². The number of carbonyl (C=O) groups excluding carboxylic acids is 2. The average Bonchev–Trinajstić information content (AvgIpc) is 2.67. The van der Waals surface area contributed by atoms with Crippen molar-refractivity contribution in [2.75, 3.05) is 39.5 Å². The van der Waals surface area contributed by atoms with Crippen LogP contribution in [-0.2, 0) is 14.8 Å². The summed E-state index contributed by atoms with van der Waals surface area (Å²) in [6.07, 6.45) is 0. The lowest BCUT2D eigenvalue weighted by atomic mass is 10.1. The van der Waals surface area contributed by atoms with Crippen molar-refractivity contribution in [3.05, 3.63) is 53.6 Å². The third-order valence-corrected chi connectivity index (χ3v) is 5.80. The van der Waals surface area contributed by atoms with E-state index in [1.54, 1.807) is 51.4 Å². The summed E-state index contributed by atoms with van der Waals surface area (Å²) in [5.74, 6) is -0.310. The highest BCUT2D eigenvalue weighted by atomic mass is 32.2. The number of hydrogen-bond donors (Lipinski definition) is 1. The minimum absolute atomic E-state index is 0.0263. The first kappa shape index (κ1) is 22.2. The minimum atomic E-state index is -3.97. The summed E-state index contributed by atoms with van der Waals surface area (Å²) in [6, 6.07) is 11.0. The average molecular weight is 420 g/mol. The Morgan fingerprint density at radius 1 is 1.07 bits per heavy atom. The molecule has 2 aromatic rings. The van der Waals surface area contributed by atoms with Gasteiger partial charge in [0.05, 0.1) is 24.2 Å². The number of para-hydroxylation sites is 2. The summed E-state index contributed by atoms with van der Waals surface area (Å²) in [5, 5.41) is 0. The van der Waals surface area contributed by atoms with Gasteiger partial charge in [-0.15, -0.1) is 0 Å². The molecule has 0 aromatic heterocycles. The SMILES string of the molecule is COc1ccccc1NS(=O)(=O)c1cc(C(=O)N(C)CC(=O)N(C)C)ccc1C. The van der Waals surface area contributed by atoms with Gasteiger partial charge >= 0.3 is 0 Å². The number of ether oxygens (including phenoxy) is 1. The van der Waals surface area contributed by atoms with E-state index in [0.29, 0.717) is 17.0 Å². The number of rotatable bonds is 7. The maximum Gasteiger partial charge on any atom is 0.262 e. The lowest BCUT2D eigenvalue weighted by Crippen LogP contribution is -2.37. The molecule has 0 aliphatic rings. The van der Waals surface area contributed by atoms with E-state index >= 15 is 0 Å². The van der Waals surface area contributed by atoms with Gasteiger partial charge in [0.25, 0.3) is 15.9 Å². The molecule has 156 valence electrons. The molecule has 8 nitrogen and oxygen atoms in total. The Morgan fingerprint density at radius 3 is 2.34 bits per heavy atom. The molecule has 2 aromatic carbocycles. The quantitative estimate of drug-likeness (QED) is 0.740. The summed E-state index contributed by atoms with van der Waals surface area (Å²) in [7, 11) is 2.16. The standard InChI is InChI=1S/C20H25N3O5S/c1-14-10-11-15(20(25)23(4)13-19(24)22(2)3)12-18(14)29(26,27)21-16-8-6-7-9-17(16)28-5/h6-12,21H,13H2,1-5H3. The molecule has 0 unspecified atom stereocenters. The smallest absolute Gasteiger partial charge is 0.262 e. The number of hydrogen-bond acceptors (Lipinski definition) is 5. The molecule has 0 bridgehead atoms. The fourth-order valence-electron chi connectivity index (χ4n) is 2.59. The summed E-state index contributed by atoms with van der Waals surface area (Å²) in [5.41, 5.74) is 0.945. The van der Waals surface area contributed by atoms with Crippen molar-refractivity contribution in [1.29, 1.82) is 0 Å². The Hall–Kier alpha value is -3.07. The number of sulfonamides is 1. The van der Waals surface area contributed by atoms with Gasteiger partial charge in [0.1, 0.15) is 5.75 Å². The summed E-state index contributed by atoms with van der Waals surface area (Å²) < 4.78 is 33.6. The molecule has 0 heterocycles. The van der Waals surface area contributed by atoms with Crippen LogP contribution >= 0.6 is 0 Å². The molecule has 1 N–H and O–H groups in total. The van der Waals surface area contributed by atoms with Crippen LogP contribution in [0.4, 0.5) is 5.69 Å². The molecular weight excluding hydrogens is 394 g/mol. The predicted octanol–water partition coefficient (Wildman–Crippen LogP) is 1.96. The maximum atomic E-state index is 12.9. The van der Waals surface area contributed by atoms with E-state index in [4.69, 9.17) is 4.74 Å². The Morgan fingerprint density at radius 2 is 1.72 bits per heavy atom. The second-order valence-corrected chi connectivity index (χ2v) is 8.39. The predicted molar refractivity (Wildman–Crippen MR) is 111 cm³/mol. The van der Waals surface area contributed by atoms with Gasteiger partial charge in [0.2, 0.25) is 5.91 Å². The number of carbonyl (C=O) groups is 2. The zero-order valence-electron chi connectivity index (χ0n) is 17.1. The number of anilines is 1. The third-order valence-electron chi connectivity index (χ3n) is 4.29. The minimum Gasteiger partial charge on any atom is -0.495 e. The molecule has 0 radical (unpaired) electrons. The Balaban J connectivity index is 2.34. The number of likely N-dealkylation sites (N-methyl/N-ethyl adjacent to an activating group) is 2. The van der Waals surface area contributed by atoms with Crippen LogP contribution in [0.1, 0.15) is 15.9 Å². The van der Waals surface area contributed by atoms with E-state index in [2.05, 4.69) is 4.72 Å². The molecular formula is C20H25N3O5S. The van der Waals surface area contributed by atoms with Crippen LogP contribution in [0.3, 0.4) is 0 Å². The van der Waals surface area contributed by atoms with Gasteiger partial charge in [-0.1, -0.05) is 18.2 Å². The molecule has 0 aliphatic carbocycles. The Labute approximate surface area is 171 Å². The molecule has 0 spiro atoms. The highest BCUT2D eigenvalue weighted by molar-refractivity contribution is 7.92. The molecule has 2 amide bonds. The van der Waals surface area contributed by atoms with Crippen molar-refractivity contribution in [3.63, 3.8) is 0 Å². The van der Waals surface area contributed by atoms with Gasteiger partial charge in [-0.3, -0.25) is 14.3 Å². The van der Waals surface area contributed by atoms with Gasteiger partial charge < -0.3 is 14.5 Å². The largest absolute Gasteiger partial charge is 0.495 e. The zero-order chi connectivity index (χ0) is 21.8. The van der Waals surface area contributed by atoms with Crippen LogP contribution in [0.5, 0.6) is 5.75 Å². The van der Waals surface area contributed by atoms with Gasteiger partial charge in [0, 0.05) is 26.7 Å². The van der Waals surface area contributed by atoms with Gasteiger partial charge in [-0.05, 0) is 36.8 Å². The topological polar surface area (TPSA) is 96.0 Å². The number of amides is 2. The first-order valence-corrected chi connectivity index (χ1v) is 10.3. The lowest BCUT2D eigenvalue weighted by Gasteiger charge is -2.20. The number of nitrogens with zero attached hydrogens (tertiary/aromatic N) is 2. The van der Waals surface area contributed by atoms with Crippen molar-refractivity contribution < 1.29 is 22.7 Å². The molecule has 0 saturated heterocycles. The van der Waals surface area contributed by atoms with Crippen molar-refractivity contribution in [1.82, 2.24) is 9.80 Å². The van der Waals surface area contributed by atoms with E-state index in [1.165, 1.54) is 36.1 Å². The number of benzene rings is 2. The molecule has 2 rings (SSSR count). The Bertz CT molecular complexity index is 1020. The van der Waals surface area contributed by atoms with E-state index in [-0.39, 0.29) is 22.9 Å². The Kier molecular flexibility index (Phi) is 6.86. The maximum absolute atomic E-state index is 12.9. The van der Waals surface area contributed by atoms with Gasteiger partial charge in [-0.25, -0.2) is 8.42 Å². The molecule has 0 atom stereocenters. The fourth-order valence-corrected chi connectivity index (χ4v) is 3.93. The number of aryl methyl sites for hydroxylation is 1. The monoisotopic (exact) mass is 419 g/mol. The number of methoxy groups -OCH3 is 1. The molecule has 29 heavy (non-hydrogen) atoms. The van der Waals surface area contributed by atoms with Crippen molar-refractivity contribution in [3.8, 4) is 5.75 Å². The molecule has 9 heteroatoms.